The Morgan fingerprint density at radius 3 is 2.34 bits per heavy atom. The van der Waals surface area contributed by atoms with Crippen molar-refractivity contribution in [3.63, 3.8) is 0 Å². The Hall–Kier alpha value is -3.60. The summed E-state index contributed by atoms with van der Waals surface area (Å²) in [6.45, 7) is 7.93. The molecule has 0 aromatic heterocycles. The second-order valence-electron chi connectivity index (χ2n) is 10.1. The Balaban J connectivity index is 1.33. The third-order valence-electron chi connectivity index (χ3n) is 8.00. The molecule has 0 unspecified atom stereocenters. The van der Waals surface area contributed by atoms with Crippen molar-refractivity contribution in [1.29, 1.82) is 0 Å². The highest BCUT2D eigenvalue weighted by Gasteiger charge is 2.47. The lowest BCUT2D eigenvalue weighted by atomic mass is 9.75. The third kappa shape index (κ3) is 3.61. The van der Waals surface area contributed by atoms with E-state index in [-0.39, 0.29) is 23.8 Å². The molecule has 3 aliphatic heterocycles. The zero-order valence-electron chi connectivity index (χ0n) is 20.4. The summed E-state index contributed by atoms with van der Waals surface area (Å²) in [4.78, 5) is 34.0. The van der Waals surface area contributed by atoms with Gasteiger partial charge in [-0.2, -0.15) is 0 Å². The van der Waals surface area contributed by atoms with E-state index in [1.807, 2.05) is 40.1 Å². The lowest BCUT2D eigenvalue weighted by Crippen LogP contribution is -2.54. The van der Waals surface area contributed by atoms with E-state index in [2.05, 4.69) is 55.1 Å². The van der Waals surface area contributed by atoms with E-state index < -0.39 is 0 Å². The summed E-state index contributed by atoms with van der Waals surface area (Å²) in [7, 11) is 0. The fourth-order valence-corrected chi connectivity index (χ4v) is 6.17. The molecular formula is C30H31N3O2. The van der Waals surface area contributed by atoms with Crippen molar-refractivity contribution < 1.29 is 9.59 Å². The van der Waals surface area contributed by atoms with Gasteiger partial charge in [-0.15, -0.1) is 0 Å². The van der Waals surface area contributed by atoms with Crippen molar-refractivity contribution in [2.75, 3.05) is 37.6 Å². The van der Waals surface area contributed by atoms with E-state index in [0.717, 1.165) is 30.6 Å². The molecule has 5 nitrogen and oxygen atoms in total. The molecule has 1 saturated heterocycles. The summed E-state index contributed by atoms with van der Waals surface area (Å²) in [6, 6.07) is 22.4. The third-order valence-corrected chi connectivity index (χ3v) is 8.00. The number of amides is 2. The molecule has 6 rings (SSSR count). The summed E-state index contributed by atoms with van der Waals surface area (Å²) in [5.41, 5.74) is 7.70. The molecular weight excluding hydrogens is 434 g/mol. The summed E-state index contributed by atoms with van der Waals surface area (Å²) >= 11 is 0. The number of nitrogens with zero attached hydrogens (tertiary/aromatic N) is 3. The largest absolute Gasteiger partial charge is 0.368 e. The lowest BCUT2D eigenvalue weighted by Gasteiger charge is -2.47. The Morgan fingerprint density at radius 2 is 1.54 bits per heavy atom. The summed E-state index contributed by atoms with van der Waals surface area (Å²) in [6.07, 6.45) is 0.829. The molecule has 5 heteroatoms. The lowest BCUT2D eigenvalue weighted by molar-refractivity contribution is -0.135. The number of aryl methyl sites for hydroxylation is 2. The summed E-state index contributed by atoms with van der Waals surface area (Å²) in [5, 5.41) is 0. The number of benzene rings is 3. The second kappa shape index (κ2) is 8.56. The SMILES string of the molecule is Cc1ccc(C)c(N2CCN(C(=O)[C@H]3c4ccccc4C(=O)N4CCc5ccccc5[C@@H]34)CC2)c1. The van der Waals surface area contributed by atoms with Crippen molar-refractivity contribution in [3.05, 3.63) is 100 Å². The maximum atomic E-state index is 14.2. The van der Waals surface area contributed by atoms with Gasteiger partial charge in [-0.3, -0.25) is 9.59 Å². The Bertz CT molecular complexity index is 1310. The van der Waals surface area contributed by atoms with Crippen LogP contribution in [0.1, 0.15) is 50.1 Å². The first-order chi connectivity index (χ1) is 17.0. The zero-order valence-corrected chi connectivity index (χ0v) is 20.4. The van der Waals surface area contributed by atoms with Gasteiger partial charge >= 0.3 is 0 Å². The van der Waals surface area contributed by atoms with Gasteiger partial charge in [0.25, 0.3) is 5.91 Å². The molecule has 0 bridgehead atoms. The van der Waals surface area contributed by atoms with Crippen LogP contribution in [0.3, 0.4) is 0 Å². The maximum Gasteiger partial charge on any atom is 0.254 e. The van der Waals surface area contributed by atoms with Crippen LogP contribution in [0.2, 0.25) is 0 Å². The van der Waals surface area contributed by atoms with Gasteiger partial charge in [-0.25, -0.2) is 0 Å². The van der Waals surface area contributed by atoms with Crippen molar-refractivity contribution in [2.45, 2.75) is 32.2 Å². The van der Waals surface area contributed by atoms with Gasteiger partial charge in [-0.05, 0) is 60.2 Å². The van der Waals surface area contributed by atoms with Gasteiger partial charge in [-0.1, -0.05) is 54.6 Å². The second-order valence-corrected chi connectivity index (χ2v) is 10.1. The normalized spacial score (nSPS) is 21.3. The molecule has 0 radical (unpaired) electrons. The van der Waals surface area contributed by atoms with E-state index in [9.17, 15) is 9.59 Å². The first kappa shape index (κ1) is 21.9. The number of rotatable bonds is 2. The monoisotopic (exact) mass is 465 g/mol. The van der Waals surface area contributed by atoms with Crippen molar-refractivity contribution >= 4 is 17.5 Å². The number of hydrogen-bond acceptors (Lipinski definition) is 3. The highest BCUT2D eigenvalue weighted by molar-refractivity contribution is 6.01. The predicted octanol–water partition coefficient (Wildman–Crippen LogP) is 4.49. The minimum atomic E-state index is -0.377. The smallest absolute Gasteiger partial charge is 0.254 e. The average Bonchev–Trinajstić information content (AvgIpc) is 2.90. The molecule has 178 valence electrons. The average molecular weight is 466 g/mol. The minimum absolute atomic E-state index is 0.0453. The molecule has 2 atom stereocenters. The van der Waals surface area contributed by atoms with Crippen LogP contribution in [0.4, 0.5) is 5.69 Å². The zero-order chi connectivity index (χ0) is 24.1. The highest BCUT2D eigenvalue weighted by atomic mass is 16.2. The molecule has 3 aromatic rings. The predicted molar refractivity (Wildman–Crippen MR) is 138 cm³/mol. The molecule has 0 aliphatic carbocycles. The van der Waals surface area contributed by atoms with E-state index in [4.69, 9.17) is 0 Å². The summed E-state index contributed by atoms with van der Waals surface area (Å²) < 4.78 is 0. The molecule has 0 spiro atoms. The van der Waals surface area contributed by atoms with Gasteiger partial charge in [0.15, 0.2) is 0 Å². The fourth-order valence-electron chi connectivity index (χ4n) is 6.17. The van der Waals surface area contributed by atoms with E-state index >= 15 is 0 Å². The van der Waals surface area contributed by atoms with Crippen LogP contribution in [-0.4, -0.2) is 54.3 Å². The summed E-state index contributed by atoms with van der Waals surface area (Å²) in [5.74, 6) is -0.196. The van der Waals surface area contributed by atoms with Crippen LogP contribution in [0.15, 0.2) is 66.7 Å². The standard InChI is InChI=1S/C30H31N3O2/c1-20-11-12-21(2)26(19-20)31-15-17-32(18-16-31)30(35)27-24-9-5-6-10-25(24)29(34)33-14-13-22-7-3-4-8-23(22)28(27)33/h3-12,19,27-28H,13-18H2,1-2H3/t27-,28-/m0/s1. The number of hydrogen-bond donors (Lipinski definition) is 0. The van der Waals surface area contributed by atoms with Crippen molar-refractivity contribution in [1.82, 2.24) is 9.80 Å². The molecule has 3 aliphatic rings. The Labute approximate surface area is 207 Å². The molecule has 0 saturated carbocycles. The van der Waals surface area contributed by atoms with Gasteiger partial charge < -0.3 is 14.7 Å². The molecule has 2 amide bonds. The maximum absolute atomic E-state index is 14.2. The van der Waals surface area contributed by atoms with Crippen molar-refractivity contribution in [3.8, 4) is 0 Å². The molecule has 3 aromatic carbocycles. The van der Waals surface area contributed by atoms with Crippen LogP contribution in [0.5, 0.6) is 0 Å². The molecule has 3 heterocycles. The fraction of sp³-hybridized carbons (Fsp3) is 0.333. The molecule has 1 fully saturated rings. The number of fused-ring (bicyclic) bond motifs is 4. The van der Waals surface area contributed by atoms with E-state index in [1.54, 1.807) is 0 Å². The number of carbonyl (C=O) groups is 2. The Kier molecular flexibility index (Phi) is 5.36. The number of carbonyl (C=O) groups excluding carboxylic acids is 2. The van der Waals surface area contributed by atoms with Crippen LogP contribution >= 0.6 is 0 Å². The first-order valence-corrected chi connectivity index (χ1v) is 12.6. The van der Waals surface area contributed by atoms with Gasteiger partial charge in [0.2, 0.25) is 5.91 Å². The first-order valence-electron chi connectivity index (χ1n) is 12.6. The topological polar surface area (TPSA) is 43.9 Å². The Morgan fingerprint density at radius 1 is 0.829 bits per heavy atom. The van der Waals surface area contributed by atoms with Crippen LogP contribution in [0, 0.1) is 13.8 Å². The van der Waals surface area contributed by atoms with Gasteiger partial charge in [0.1, 0.15) is 0 Å². The molecule has 0 N–H and O–H groups in total. The van der Waals surface area contributed by atoms with Gasteiger partial charge in [0.05, 0.1) is 12.0 Å². The quantitative estimate of drug-likeness (QED) is 0.560. The van der Waals surface area contributed by atoms with E-state index in [1.165, 1.54) is 22.4 Å². The highest BCUT2D eigenvalue weighted by Crippen LogP contribution is 2.46. The van der Waals surface area contributed by atoms with Crippen LogP contribution in [0.25, 0.3) is 0 Å². The molecule has 35 heavy (non-hydrogen) atoms. The number of anilines is 1. The minimum Gasteiger partial charge on any atom is -0.368 e. The van der Waals surface area contributed by atoms with E-state index in [0.29, 0.717) is 25.2 Å². The van der Waals surface area contributed by atoms with Gasteiger partial charge in [0, 0.05) is 44.0 Å². The van der Waals surface area contributed by atoms with Crippen LogP contribution < -0.4 is 4.90 Å². The van der Waals surface area contributed by atoms with Crippen LogP contribution in [-0.2, 0) is 11.2 Å². The van der Waals surface area contributed by atoms with Crippen molar-refractivity contribution in [2.24, 2.45) is 0 Å². The number of piperazine rings is 1.